The van der Waals surface area contributed by atoms with Gasteiger partial charge in [0.25, 0.3) is 0 Å². The first kappa shape index (κ1) is 16.4. The van der Waals surface area contributed by atoms with E-state index in [2.05, 4.69) is 37.8 Å². The molecule has 0 bridgehead atoms. The van der Waals surface area contributed by atoms with Crippen LogP contribution in [0.25, 0.3) is 16.8 Å². The lowest BCUT2D eigenvalue weighted by atomic mass is 10.1. The molecule has 0 radical (unpaired) electrons. The normalized spacial score (nSPS) is 16.9. The van der Waals surface area contributed by atoms with Crippen molar-refractivity contribution in [3.8, 4) is 28.8 Å². The zero-order chi connectivity index (χ0) is 17.9. The number of anilines is 1. The number of nitrogens with one attached hydrogen (secondary N) is 2. The number of aromatic hydroxyl groups is 1. The van der Waals surface area contributed by atoms with Crippen molar-refractivity contribution in [1.82, 2.24) is 25.1 Å². The SMILES string of the molecule is CC#Cc1ccc(-c2nnc(N[C@@H]3CCCNC3)n3nccc23)c(O)c1. The molecule has 1 fully saturated rings. The lowest BCUT2D eigenvalue weighted by Crippen LogP contribution is -2.39. The van der Waals surface area contributed by atoms with Gasteiger partial charge in [0, 0.05) is 23.7 Å². The van der Waals surface area contributed by atoms with E-state index in [1.807, 2.05) is 18.2 Å². The molecule has 0 aliphatic carbocycles. The molecule has 1 saturated heterocycles. The van der Waals surface area contributed by atoms with Gasteiger partial charge in [0.05, 0.1) is 11.7 Å². The number of phenols is 1. The van der Waals surface area contributed by atoms with Crippen LogP contribution in [0.5, 0.6) is 5.75 Å². The van der Waals surface area contributed by atoms with E-state index in [1.54, 1.807) is 23.7 Å². The molecule has 26 heavy (non-hydrogen) atoms. The van der Waals surface area contributed by atoms with Crippen molar-refractivity contribution < 1.29 is 5.11 Å². The third-order valence-electron chi connectivity index (χ3n) is 4.48. The second-order valence-corrected chi connectivity index (χ2v) is 6.30. The molecule has 0 saturated carbocycles. The quantitative estimate of drug-likeness (QED) is 0.628. The highest BCUT2D eigenvalue weighted by molar-refractivity contribution is 5.81. The van der Waals surface area contributed by atoms with E-state index >= 15 is 0 Å². The Morgan fingerprint density at radius 2 is 2.23 bits per heavy atom. The lowest BCUT2D eigenvalue weighted by Gasteiger charge is -2.24. The third-order valence-corrected chi connectivity index (χ3v) is 4.48. The van der Waals surface area contributed by atoms with Crippen LogP contribution in [-0.2, 0) is 0 Å². The highest BCUT2D eigenvalue weighted by Crippen LogP contribution is 2.31. The Hall–Kier alpha value is -3.11. The summed E-state index contributed by atoms with van der Waals surface area (Å²) < 4.78 is 1.73. The maximum atomic E-state index is 10.4. The fourth-order valence-corrected chi connectivity index (χ4v) is 3.24. The second-order valence-electron chi connectivity index (χ2n) is 6.30. The first-order chi connectivity index (χ1) is 12.8. The lowest BCUT2D eigenvalue weighted by molar-refractivity contribution is 0.475. The number of phenolic OH excluding ortho intramolecular Hbond substituents is 1. The van der Waals surface area contributed by atoms with Gasteiger partial charge in [-0.25, -0.2) is 0 Å². The third kappa shape index (κ3) is 3.07. The monoisotopic (exact) mass is 348 g/mol. The molecule has 0 unspecified atom stereocenters. The molecule has 2 aromatic heterocycles. The summed E-state index contributed by atoms with van der Waals surface area (Å²) >= 11 is 0. The molecule has 0 amide bonds. The van der Waals surface area contributed by atoms with Crippen molar-refractivity contribution in [2.24, 2.45) is 0 Å². The zero-order valence-electron chi connectivity index (χ0n) is 14.5. The van der Waals surface area contributed by atoms with Gasteiger partial charge < -0.3 is 15.7 Å². The second kappa shape index (κ2) is 7.02. The van der Waals surface area contributed by atoms with Gasteiger partial charge in [0.15, 0.2) is 0 Å². The van der Waals surface area contributed by atoms with Crippen LogP contribution in [0.2, 0.25) is 0 Å². The van der Waals surface area contributed by atoms with E-state index < -0.39 is 0 Å². The van der Waals surface area contributed by atoms with E-state index in [9.17, 15) is 5.11 Å². The maximum absolute atomic E-state index is 10.4. The van der Waals surface area contributed by atoms with Crippen LogP contribution in [0.1, 0.15) is 25.3 Å². The maximum Gasteiger partial charge on any atom is 0.244 e. The fourth-order valence-electron chi connectivity index (χ4n) is 3.24. The summed E-state index contributed by atoms with van der Waals surface area (Å²) in [5, 5.41) is 30.3. The van der Waals surface area contributed by atoms with Gasteiger partial charge >= 0.3 is 0 Å². The predicted octanol–water partition coefficient (Wildman–Crippen LogP) is 2.03. The van der Waals surface area contributed by atoms with Crippen LogP contribution >= 0.6 is 0 Å². The number of hydrogen-bond donors (Lipinski definition) is 3. The average molecular weight is 348 g/mol. The minimum atomic E-state index is 0.125. The number of aromatic nitrogens is 4. The standard InChI is InChI=1S/C19H20N6O/c1-2-4-13-6-7-15(17(26)11-13)18-16-8-10-21-25(16)19(24-23-18)22-14-5-3-9-20-12-14/h6-8,10-11,14,20,26H,3,5,9,12H2,1H3,(H,22,24)/t14-/m1/s1. The Balaban J connectivity index is 1.72. The van der Waals surface area contributed by atoms with E-state index in [1.165, 1.54) is 0 Å². The van der Waals surface area contributed by atoms with Crippen molar-refractivity contribution >= 4 is 11.5 Å². The molecule has 3 N–H and O–H groups in total. The minimum absolute atomic E-state index is 0.125. The van der Waals surface area contributed by atoms with Crippen LogP contribution < -0.4 is 10.6 Å². The van der Waals surface area contributed by atoms with E-state index in [-0.39, 0.29) is 5.75 Å². The van der Waals surface area contributed by atoms with Crippen molar-refractivity contribution in [1.29, 1.82) is 0 Å². The summed E-state index contributed by atoms with van der Waals surface area (Å²) in [6.07, 6.45) is 3.92. The van der Waals surface area contributed by atoms with Gasteiger partial charge in [-0.05, 0) is 50.6 Å². The van der Waals surface area contributed by atoms with Crippen LogP contribution in [-0.4, -0.2) is 44.0 Å². The number of hydrogen-bond acceptors (Lipinski definition) is 6. The number of nitrogens with zero attached hydrogens (tertiary/aromatic N) is 4. The topological polar surface area (TPSA) is 87.4 Å². The molecular formula is C19H20N6O. The Labute approximate surface area is 151 Å². The summed E-state index contributed by atoms with van der Waals surface area (Å²) in [4.78, 5) is 0. The number of fused-ring (bicyclic) bond motifs is 1. The van der Waals surface area contributed by atoms with Crippen LogP contribution in [0, 0.1) is 11.8 Å². The van der Waals surface area contributed by atoms with Crippen molar-refractivity contribution in [2.75, 3.05) is 18.4 Å². The average Bonchev–Trinajstić information content (AvgIpc) is 3.14. The largest absolute Gasteiger partial charge is 0.507 e. The van der Waals surface area contributed by atoms with Gasteiger partial charge in [0.2, 0.25) is 5.95 Å². The molecule has 3 aromatic rings. The van der Waals surface area contributed by atoms with Crippen LogP contribution in [0.15, 0.2) is 30.5 Å². The molecule has 3 heterocycles. The first-order valence-electron chi connectivity index (χ1n) is 8.70. The van der Waals surface area contributed by atoms with Crippen molar-refractivity contribution in [3.63, 3.8) is 0 Å². The predicted molar refractivity (Wildman–Crippen MR) is 99.9 cm³/mol. The molecule has 1 atom stereocenters. The molecular weight excluding hydrogens is 328 g/mol. The van der Waals surface area contributed by atoms with Gasteiger partial charge in [-0.1, -0.05) is 5.92 Å². The summed E-state index contributed by atoms with van der Waals surface area (Å²) in [6.45, 7) is 3.71. The Morgan fingerprint density at radius 1 is 1.31 bits per heavy atom. The number of piperidine rings is 1. The molecule has 1 aliphatic heterocycles. The summed E-state index contributed by atoms with van der Waals surface area (Å²) in [5.74, 6) is 6.49. The summed E-state index contributed by atoms with van der Waals surface area (Å²) in [7, 11) is 0. The Bertz CT molecular complexity index is 994. The van der Waals surface area contributed by atoms with Gasteiger partial charge in [-0.15, -0.1) is 16.1 Å². The molecule has 1 aliphatic rings. The molecule has 7 heteroatoms. The highest BCUT2D eigenvalue weighted by Gasteiger charge is 2.18. The van der Waals surface area contributed by atoms with E-state index in [4.69, 9.17) is 0 Å². The van der Waals surface area contributed by atoms with Gasteiger partial charge in [0.1, 0.15) is 11.4 Å². The van der Waals surface area contributed by atoms with Crippen LogP contribution in [0.3, 0.4) is 0 Å². The van der Waals surface area contributed by atoms with Crippen molar-refractivity contribution in [3.05, 3.63) is 36.0 Å². The highest BCUT2D eigenvalue weighted by atomic mass is 16.3. The molecule has 132 valence electrons. The summed E-state index contributed by atoms with van der Waals surface area (Å²) in [6, 6.07) is 7.48. The fraction of sp³-hybridized carbons (Fsp3) is 0.316. The Kier molecular flexibility index (Phi) is 4.42. The minimum Gasteiger partial charge on any atom is -0.507 e. The first-order valence-corrected chi connectivity index (χ1v) is 8.70. The van der Waals surface area contributed by atoms with Crippen molar-refractivity contribution in [2.45, 2.75) is 25.8 Å². The number of rotatable bonds is 3. The smallest absolute Gasteiger partial charge is 0.244 e. The molecule has 4 rings (SSSR count). The van der Waals surface area contributed by atoms with Crippen LogP contribution in [0.4, 0.5) is 5.95 Å². The Morgan fingerprint density at radius 3 is 3.00 bits per heavy atom. The van der Waals surface area contributed by atoms with Gasteiger partial charge in [-0.2, -0.15) is 9.61 Å². The van der Waals surface area contributed by atoms with E-state index in [0.29, 0.717) is 23.2 Å². The zero-order valence-corrected chi connectivity index (χ0v) is 14.5. The molecule has 0 spiro atoms. The molecule has 1 aromatic carbocycles. The van der Waals surface area contributed by atoms with Gasteiger partial charge in [-0.3, -0.25) is 0 Å². The summed E-state index contributed by atoms with van der Waals surface area (Å²) in [5.41, 5.74) is 2.74. The van der Waals surface area contributed by atoms with E-state index in [0.717, 1.165) is 37.0 Å². The molecule has 7 nitrogen and oxygen atoms in total. The number of benzene rings is 1.